The van der Waals surface area contributed by atoms with E-state index < -0.39 is 0 Å². The van der Waals surface area contributed by atoms with Crippen LogP contribution in [0.1, 0.15) is 51.7 Å². The third kappa shape index (κ3) is 4.81. The molecule has 1 N–H and O–H groups in total. The van der Waals surface area contributed by atoms with Gasteiger partial charge >= 0.3 is 0 Å². The first kappa shape index (κ1) is 15.2. The zero-order chi connectivity index (χ0) is 13.4. The summed E-state index contributed by atoms with van der Waals surface area (Å²) < 4.78 is 0. The van der Waals surface area contributed by atoms with Gasteiger partial charge in [0.05, 0.1) is 0 Å². The third-order valence-corrected chi connectivity index (χ3v) is 3.89. The number of aryl methyl sites for hydroxylation is 1. The highest BCUT2D eigenvalue weighted by Crippen LogP contribution is 2.26. The van der Waals surface area contributed by atoms with Gasteiger partial charge in [-0.25, -0.2) is 0 Å². The van der Waals surface area contributed by atoms with Crippen LogP contribution in [0, 0.1) is 5.41 Å². The van der Waals surface area contributed by atoms with Gasteiger partial charge in [0.2, 0.25) is 0 Å². The molecule has 1 aromatic carbocycles. The van der Waals surface area contributed by atoms with Crippen LogP contribution in [0.3, 0.4) is 0 Å². The van der Waals surface area contributed by atoms with Gasteiger partial charge < -0.3 is 5.32 Å². The van der Waals surface area contributed by atoms with Crippen molar-refractivity contribution in [2.24, 2.45) is 5.41 Å². The Kier molecular flexibility index (Phi) is 6.42. The van der Waals surface area contributed by atoms with E-state index in [4.69, 9.17) is 0 Å². The van der Waals surface area contributed by atoms with Gasteiger partial charge in [0.1, 0.15) is 0 Å². The molecule has 0 saturated heterocycles. The second-order valence-electron chi connectivity index (χ2n) is 5.69. The fourth-order valence-electron chi connectivity index (χ4n) is 2.27. The molecular formula is C17H29N. The topological polar surface area (TPSA) is 12.0 Å². The van der Waals surface area contributed by atoms with Crippen LogP contribution >= 0.6 is 0 Å². The first-order valence-corrected chi connectivity index (χ1v) is 7.42. The predicted molar refractivity (Wildman–Crippen MR) is 81.1 cm³/mol. The van der Waals surface area contributed by atoms with Crippen LogP contribution in [0.25, 0.3) is 0 Å². The predicted octanol–water partition coefficient (Wildman–Crippen LogP) is 4.21. The van der Waals surface area contributed by atoms with E-state index in [-0.39, 0.29) is 0 Å². The van der Waals surface area contributed by atoms with E-state index in [1.54, 1.807) is 0 Å². The van der Waals surface area contributed by atoms with E-state index in [2.05, 4.69) is 57.3 Å². The Hall–Kier alpha value is -0.820. The fraction of sp³-hybridized carbons (Fsp3) is 0.647. The molecule has 1 nitrogen and oxygen atoms in total. The second-order valence-corrected chi connectivity index (χ2v) is 5.69. The first-order chi connectivity index (χ1) is 8.63. The molecule has 0 fully saturated rings. The molecule has 0 spiro atoms. The van der Waals surface area contributed by atoms with Crippen LogP contribution in [-0.4, -0.2) is 13.1 Å². The van der Waals surface area contributed by atoms with Crippen LogP contribution < -0.4 is 5.32 Å². The molecule has 1 unspecified atom stereocenters. The average Bonchev–Trinajstić information content (AvgIpc) is 2.40. The minimum atomic E-state index is 0.378. The number of nitrogens with one attached hydrogen (secondary N) is 1. The Bertz CT molecular complexity index is 328. The fourth-order valence-corrected chi connectivity index (χ4v) is 2.27. The van der Waals surface area contributed by atoms with Crippen molar-refractivity contribution in [1.29, 1.82) is 0 Å². The van der Waals surface area contributed by atoms with E-state index in [0.29, 0.717) is 5.41 Å². The summed E-state index contributed by atoms with van der Waals surface area (Å²) in [7, 11) is 0. The standard InChI is InChI=1S/C17H29N/c1-5-12-18-14-17(4,7-3)13-16-10-8-15(6-2)9-11-16/h8-11,18H,5-7,12-14H2,1-4H3. The molecule has 0 bridgehead atoms. The molecule has 0 radical (unpaired) electrons. The smallest absolute Gasteiger partial charge is 0.000824 e. The van der Waals surface area contributed by atoms with Crippen molar-refractivity contribution in [1.82, 2.24) is 5.32 Å². The first-order valence-electron chi connectivity index (χ1n) is 7.42. The Balaban J connectivity index is 2.59. The number of hydrogen-bond donors (Lipinski definition) is 1. The summed E-state index contributed by atoms with van der Waals surface area (Å²) in [6.07, 6.45) is 4.73. The zero-order valence-electron chi connectivity index (χ0n) is 12.6. The summed E-state index contributed by atoms with van der Waals surface area (Å²) in [5, 5.41) is 3.57. The van der Waals surface area contributed by atoms with Crippen molar-refractivity contribution >= 4 is 0 Å². The molecule has 0 amide bonds. The highest BCUT2D eigenvalue weighted by Gasteiger charge is 2.21. The average molecular weight is 247 g/mol. The van der Waals surface area contributed by atoms with Crippen molar-refractivity contribution in [2.45, 2.75) is 53.4 Å². The van der Waals surface area contributed by atoms with Crippen LogP contribution in [0.2, 0.25) is 0 Å². The summed E-state index contributed by atoms with van der Waals surface area (Å²) in [6.45, 7) is 11.4. The van der Waals surface area contributed by atoms with E-state index in [1.165, 1.54) is 30.4 Å². The molecule has 1 aromatic rings. The van der Waals surface area contributed by atoms with E-state index in [9.17, 15) is 0 Å². The van der Waals surface area contributed by atoms with Crippen molar-refractivity contribution < 1.29 is 0 Å². The Morgan fingerprint density at radius 3 is 2.11 bits per heavy atom. The minimum absolute atomic E-state index is 0.378. The highest BCUT2D eigenvalue weighted by atomic mass is 14.9. The SMILES string of the molecule is CCCNCC(C)(CC)Cc1ccc(CC)cc1. The van der Waals surface area contributed by atoms with Crippen molar-refractivity contribution in [3.05, 3.63) is 35.4 Å². The van der Waals surface area contributed by atoms with Gasteiger partial charge in [-0.3, -0.25) is 0 Å². The molecular weight excluding hydrogens is 218 g/mol. The molecule has 1 heteroatoms. The highest BCUT2D eigenvalue weighted by molar-refractivity contribution is 5.23. The molecule has 0 aromatic heterocycles. The molecule has 1 rings (SSSR count). The van der Waals surface area contributed by atoms with E-state index in [0.717, 1.165) is 19.5 Å². The van der Waals surface area contributed by atoms with Crippen LogP contribution in [0.5, 0.6) is 0 Å². The van der Waals surface area contributed by atoms with Gasteiger partial charge in [-0.05, 0) is 48.8 Å². The molecule has 0 aliphatic heterocycles. The zero-order valence-corrected chi connectivity index (χ0v) is 12.6. The lowest BCUT2D eigenvalue weighted by Gasteiger charge is -2.29. The van der Waals surface area contributed by atoms with E-state index in [1.807, 2.05) is 0 Å². The number of rotatable bonds is 8. The van der Waals surface area contributed by atoms with Crippen molar-refractivity contribution in [3.8, 4) is 0 Å². The molecule has 0 aliphatic carbocycles. The third-order valence-electron chi connectivity index (χ3n) is 3.89. The summed E-state index contributed by atoms with van der Waals surface area (Å²) >= 11 is 0. The molecule has 0 heterocycles. The van der Waals surface area contributed by atoms with Crippen LogP contribution in [0.15, 0.2) is 24.3 Å². The lowest BCUT2D eigenvalue weighted by molar-refractivity contribution is 0.291. The van der Waals surface area contributed by atoms with Crippen molar-refractivity contribution in [2.75, 3.05) is 13.1 Å². The maximum atomic E-state index is 3.57. The minimum Gasteiger partial charge on any atom is -0.316 e. The second kappa shape index (κ2) is 7.58. The quantitative estimate of drug-likeness (QED) is 0.679. The maximum Gasteiger partial charge on any atom is 0.000824 e. The molecule has 0 saturated carbocycles. The van der Waals surface area contributed by atoms with Crippen molar-refractivity contribution in [3.63, 3.8) is 0 Å². The van der Waals surface area contributed by atoms with E-state index >= 15 is 0 Å². The molecule has 18 heavy (non-hydrogen) atoms. The largest absolute Gasteiger partial charge is 0.316 e. The Morgan fingerprint density at radius 2 is 1.61 bits per heavy atom. The Labute approximate surface area is 113 Å². The maximum absolute atomic E-state index is 3.57. The van der Waals surface area contributed by atoms with Gasteiger partial charge in [0.25, 0.3) is 0 Å². The number of hydrogen-bond acceptors (Lipinski definition) is 1. The molecule has 0 aliphatic rings. The molecule has 1 atom stereocenters. The lowest BCUT2D eigenvalue weighted by atomic mass is 9.81. The van der Waals surface area contributed by atoms with Gasteiger partial charge in [-0.1, -0.05) is 52.0 Å². The monoisotopic (exact) mass is 247 g/mol. The van der Waals surface area contributed by atoms with Gasteiger partial charge in [-0.15, -0.1) is 0 Å². The summed E-state index contributed by atoms with van der Waals surface area (Å²) in [4.78, 5) is 0. The summed E-state index contributed by atoms with van der Waals surface area (Å²) in [5.74, 6) is 0. The number of benzene rings is 1. The molecule has 102 valence electrons. The van der Waals surface area contributed by atoms with Gasteiger partial charge in [0, 0.05) is 6.54 Å². The lowest BCUT2D eigenvalue weighted by Crippen LogP contribution is -2.33. The van der Waals surface area contributed by atoms with Gasteiger partial charge in [0.15, 0.2) is 0 Å². The summed E-state index contributed by atoms with van der Waals surface area (Å²) in [6, 6.07) is 9.13. The van der Waals surface area contributed by atoms with Gasteiger partial charge in [-0.2, -0.15) is 0 Å². The van der Waals surface area contributed by atoms with Crippen LogP contribution in [-0.2, 0) is 12.8 Å². The van der Waals surface area contributed by atoms with Crippen LogP contribution in [0.4, 0.5) is 0 Å². The normalized spacial score (nSPS) is 14.4. The Morgan fingerprint density at radius 1 is 1.00 bits per heavy atom. The summed E-state index contributed by atoms with van der Waals surface area (Å²) in [5.41, 5.74) is 3.28.